The van der Waals surface area contributed by atoms with E-state index in [1.807, 2.05) is 18.2 Å². The molecule has 0 fully saturated rings. The lowest BCUT2D eigenvalue weighted by Crippen LogP contribution is -1.77. The van der Waals surface area contributed by atoms with Crippen molar-refractivity contribution in [3.8, 4) is 0 Å². The maximum Gasteiger partial charge on any atom is 0.0488 e. The molecule has 0 unspecified atom stereocenters. The molecule has 0 amide bonds. The third kappa shape index (κ3) is 6.17. The van der Waals surface area contributed by atoms with E-state index in [1.165, 1.54) is 0 Å². The molecule has 108 valence electrons. The van der Waals surface area contributed by atoms with E-state index in [2.05, 4.69) is 22.6 Å². The van der Waals surface area contributed by atoms with Crippen LogP contribution >= 0.6 is 80.6 Å². The molecule has 0 heterocycles. The van der Waals surface area contributed by atoms with Gasteiger partial charge in [0.05, 0.1) is 0 Å². The fourth-order valence-electron chi connectivity index (χ4n) is 1.26. The van der Waals surface area contributed by atoms with E-state index in [0.29, 0.717) is 20.9 Å². The van der Waals surface area contributed by atoms with E-state index < -0.39 is 0 Å². The highest BCUT2D eigenvalue weighted by Crippen LogP contribution is 2.23. The van der Waals surface area contributed by atoms with Crippen LogP contribution in [0.25, 0.3) is 0 Å². The molecule has 0 aromatic heterocycles. The lowest BCUT2D eigenvalue weighted by molar-refractivity contribution is 1.40. The van der Waals surface area contributed by atoms with Crippen LogP contribution in [0.4, 0.5) is 0 Å². The van der Waals surface area contributed by atoms with Gasteiger partial charge in [0.2, 0.25) is 0 Å². The Morgan fingerprint density at radius 3 is 1.55 bits per heavy atom. The van der Waals surface area contributed by atoms with Crippen molar-refractivity contribution in [3.63, 3.8) is 0 Å². The third-order valence-corrected chi connectivity index (χ3v) is 4.60. The fourth-order valence-corrected chi connectivity index (χ4v) is 3.40. The van der Waals surface area contributed by atoms with Crippen molar-refractivity contribution < 1.29 is 0 Å². The lowest BCUT2D eigenvalue weighted by Gasteiger charge is -1.98. The zero-order valence-electron chi connectivity index (χ0n) is 10.1. The van der Waals surface area contributed by atoms with Crippen LogP contribution in [-0.4, -0.2) is 0 Å². The molecule has 2 aromatic carbocycles. The first-order valence-electron chi connectivity index (χ1n) is 5.47. The zero-order valence-corrected chi connectivity index (χ0v) is 16.1. The second-order valence-electron chi connectivity index (χ2n) is 3.74. The molecule has 6 heteroatoms. The molecule has 0 bridgehead atoms. The zero-order chi connectivity index (χ0) is 15.1. The molecule has 0 aliphatic heterocycles. The summed E-state index contributed by atoms with van der Waals surface area (Å²) in [6.45, 7) is 0. The van der Waals surface area contributed by atoms with Crippen LogP contribution in [0.5, 0.6) is 0 Å². The van der Waals surface area contributed by atoms with Gasteiger partial charge in [-0.15, -0.1) is 11.6 Å². The number of hydrogen-bond acceptors (Lipinski definition) is 0. The number of alkyl halides is 2. The van der Waals surface area contributed by atoms with E-state index in [0.717, 1.165) is 20.6 Å². The Hall–Kier alpha value is 0.620. The molecule has 0 nitrogen and oxygen atoms in total. The van der Waals surface area contributed by atoms with Gasteiger partial charge in [0.25, 0.3) is 0 Å². The van der Waals surface area contributed by atoms with Crippen LogP contribution in [0, 0.1) is 0 Å². The second kappa shape index (κ2) is 9.60. The first-order valence-corrected chi connectivity index (χ1v) is 9.05. The quantitative estimate of drug-likeness (QED) is 0.305. The number of hydrogen-bond donors (Lipinski definition) is 0. The highest BCUT2D eigenvalue weighted by Gasteiger charge is 1.98. The van der Waals surface area contributed by atoms with Gasteiger partial charge in [0.1, 0.15) is 0 Å². The van der Waals surface area contributed by atoms with Crippen LogP contribution in [0.15, 0.2) is 36.4 Å². The molecular weight excluding hydrogens is 472 g/mol. The normalized spacial score (nSPS) is 9.90. The minimum Gasteiger partial charge on any atom is -0.121 e. The van der Waals surface area contributed by atoms with Crippen molar-refractivity contribution in [2.24, 2.45) is 0 Å². The first-order chi connectivity index (χ1) is 9.47. The molecule has 0 spiro atoms. The summed E-state index contributed by atoms with van der Waals surface area (Å²) in [5, 5.41) is 2.71. The van der Waals surface area contributed by atoms with Gasteiger partial charge in [0.15, 0.2) is 0 Å². The maximum atomic E-state index is 5.84. The van der Waals surface area contributed by atoms with Gasteiger partial charge in [-0.05, 0) is 35.4 Å². The van der Waals surface area contributed by atoms with Crippen molar-refractivity contribution in [1.29, 1.82) is 0 Å². The lowest BCUT2D eigenvalue weighted by atomic mass is 10.2. The fraction of sp³-hybridized carbons (Fsp3) is 0.143. The summed E-state index contributed by atoms with van der Waals surface area (Å²) in [5.74, 6) is 0.427. The van der Waals surface area contributed by atoms with Gasteiger partial charge in [-0.2, -0.15) is 0 Å². The van der Waals surface area contributed by atoms with E-state index >= 15 is 0 Å². The SMILES string of the molecule is ClCc1ccc(Cl)cc1Cl.Clc1ccc(CI)c(Cl)c1. The molecule has 2 rings (SSSR count). The molecule has 2 aromatic rings. The third-order valence-electron chi connectivity index (χ3n) is 2.32. The average molecular weight is 482 g/mol. The Balaban J connectivity index is 0.000000200. The average Bonchev–Trinajstić information content (AvgIpc) is 2.40. The van der Waals surface area contributed by atoms with Crippen molar-refractivity contribution >= 4 is 80.6 Å². The Bertz CT molecular complexity index is 520. The van der Waals surface area contributed by atoms with Gasteiger partial charge in [0, 0.05) is 30.4 Å². The minimum atomic E-state index is 0.427. The standard InChI is InChI=1S/C7H5Cl3.C7H5Cl2I/c8-4-5-1-2-6(9)3-7(5)10;8-6-2-1-5(4-10)7(9)3-6/h2*1-3H,4H2. The largest absolute Gasteiger partial charge is 0.121 e. The molecule has 0 atom stereocenters. The Labute approximate surface area is 157 Å². The molecule has 0 N–H and O–H groups in total. The summed E-state index contributed by atoms with van der Waals surface area (Å²) >= 11 is 30.8. The predicted molar refractivity (Wildman–Crippen MR) is 100 cm³/mol. The van der Waals surface area contributed by atoms with Gasteiger partial charge in [-0.3, -0.25) is 0 Å². The first kappa shape index (κ1) is 18.7. The summed E-state index contributed by atoms with van der Waals surface area (Å²) in [6, 6.07) is 10.8. The molecule has 0 aliphatic rings. The monoisotopic (exact) mass is 480 g/mol. The molecule has 0 radical (unpaired) electrons. The molecule has 0 saturated heterocycles. The predicted octanol–water partition coefficient (Wildman–Crippen LogP) is 7.66. The Kier molecular flexibility index (Phi) is 8.96. The highest BCUT2D eigenvalue weighted by atomic mass is 127. The van der Waals surface area contributed by atoms with Gasteiger partial charge < -0.3 is 0 Å². The number of rotatable bonds is 2. The van der Waals surface area contributed by atoms with Crippen LogP contribution < -0.4 is 0 Å². The molecule has 0 saturated carbocycles. The van der Waals surface area contributed by atoms with Crippen molar-refractivity contribution in [1.82, 2.24) is 0 Å². The van der Waals surface area contributed by atoms with Crippen molar-refractivity contribution in [2.45, 2.75) is 10.3 Å². The van der Waals surface area contributed by atoms with Gasteiger partial charge >= 0.3 is 0 Å². The maximum absolute atomic E-state index is 5.84. The summed E-state index contributed by atoms with van der Waals surface area (Å²) in [5.41, 5.74) is 2.04. The van der Waals surface area contributed by atoms with Crippen molar-refractivity contribution in [2.75, 3.05) is 0 Å². The topological polar surface area (TPSA) is 0 Å². The van der Waals surface area contributed by atoms with Crippen LogP contribution in [0.1, 0.15) is 11.1 Å². The van der Waals surface area contributed by atoms with E-state index in [9.17, 15) is 0 Å². The van der Waals surface area contributed by atoms with Gasteiger partial charge in [-0.25, -0.2) is 0 Å². The Morgan fingerprint density at radius 1 is 0.750 bits per heavy atom. The van der Waals surface area contributed by atoms with E-state index in [4.69, 9.17) is 58.0 Å². The molecule has 20 heavy (non-hydrogen) atoms. The highest BCUT2D eigenvalue weighted by molar-refractivity contribution is 14.1. The van der Waals surface area contributed by atoms with E-state index in [-0.39, 0.29) is 0 Å². The van der Waals surface area contributed by atoms with E-state index in [1.54, 1.807) is 18.2 Å². The Morgan fingerprint density at radius 2 is 1.20 bits per heavy atom. The number of benzene rings is 2. The summed E-state index contributed by atoms with van der Waals surface area (Å²) in [6.07, 6.45) is 0. The minimum absolute atomic E-state index is 0.427. The number of halogens is 6. The summed E-state index contributed by atoms with van der Waals surface area (Å²) in [4.78, 5) is 0. The molecular formula is C14H10Cl5I. The summed E-state index contributed by atoms with van der Waals surface area (Å²) < 4.78 is 0.924. The van der Waals surface area contributed by atoms with Crippen LogP contribution in [0.2, 0.25) is 20.1 Å². The second-order valence-corrected chi connectivity index (χ2v) is 6.46. The molecule has 0 aliphatic carbocycles. The van der Waals surface area contributed by atoms with Crippen LogP contribution in [0.3, 0.4) is 0 Å². The van der Waals surface area contributed by atoms with Crippen LogP contribution in [-0.2, 0) is 10.3 Å². The van der Waals surface area contributed by atoms with Crippen molar-refractivity contribution in [3.05, 3.63) is 67.6 Å². The smallest absolute Gasteiger partial charge is 0.0488 e. The summed E-state index contributed by atoms with van der Waals surface area (Å²) in [7, 11) is 0. The van der Waals surface area contributed by atoms with Gasteiger partial charge in [-0.1, -0.05) is 81.1 Å².